The number of benzene rings is 2. The second-order valence-corrected chi connectivity index (χ2v) is 7.95. The predicted octanol–water partition coefficient (Wildman–Crippen LogP) is 6.85. The summed E-state index contributed by atoms with van der Waals surface area (Å²) in [6, 6.07) is 11.8. The summed E-state index contributed by atoms with van der Waals surface area (Å²) in [5.41, 5.74) is -2.75. The molecular formula is C25H12F8N2Pt. The van der Waals surface area contributed by atoms with Crippen LogP contribution in [0.2, 0.25) is 0 Å². The van der Waals surface area contributed by atoms with Gasteiger partial charge in [0.2, 0.25) is 0 Å². The summed E-state index contributed by atoms with van der Waals surface area (Å²) in [7, 11) is 0. The molecule has 2 heterocycles. The van der Waals surface area contributed by atoms with Gasteiger partial charge in [-0.3, -0.25) is 17.6 Å². The van der Waals surface area contributed by atoms with Crippen LogP contribution in [0.5, 0.6) is 0 Å². The molecule has 0 aliphatic heterocycles. The van der Waals surface area contributed by atoms with Crippen LogP contribution >= 0.6 is 0 Å². The van der Waals surface area contributed by atoms with E-state index in [0.29, 0.717) is 0 Å². The van der Waals surface area contributed by atoms with Gasteiger partial charge < -0.3 is 9.97 Å². The quantitative estimate of drug-likeness (QED) is 0.102. The van der Waals surface area contributed by atoms with E-state index in [1.807, 2.05) is 0 Å². The number of hydrogen-bond acceptors (Lipinski definition) is 2. The second-order valence-electron chi connectivity index (χ2n) is 7.95. The molecular weight excluding hydrogens is 675 g/mol. The molecule has 4 rings (SSSR count). The Morgan fingerprint density at radius 3 is 1.28 bits per heavy atom. The standard InChI is InChI=1S/C25H12F8N2.Pt/c1-25(2,17-7-3-5-15(34-17)11-9-13(26)21(30)23(32)19(11)28)18-8-4-6-16(35-18)12-10-14(27)22(31)24(33)20(12)29;/h3-8H,1-2H3;/q-2;+2. The largest absolute Gasteiger partial charge is 2.00 e. The van der Waals surface area contributed by atoms with E-state index in [1.54, 1.807) is 26.0 Å². The number of nitrogens with zero attached hydrogens (tertiary/aromatic N) is 2. The average molecular weight is 687 g/mol. The smallest absolute Gasteiger partial charge is 0.300 e. The van der Waals surface area contributed by atoms with Gasteiger partial charge in [0.05, 0.1) is 23.3 Å². The Morgan fingerprint density at radius 2 is 0.917 bits per heavy atom. The Morgan fingerprint density at radius 1 is 0.556 bits per heavy atom. The maximum atomic E-state index is 14.3. The maximum absolute atomic E-state index is 14.3. The minimum absolute atomic E-state index is 0. The molecule has 0 spiro atoms. The number of hydrogen-bond donors (Lipinski definition) is 0. The van der Waals surface area contributed by atoms with Crippen LogP contribution in [-0.2, 0) is 26.5 Å². The molecule has 188 valence electrons. The Labute approximate surface area is 214 Å². The zero-order chi connectivity index (χ0) is 25.7. The molecule has 0 amide bonds. The summed E-state index contributed by atoms with van der Waals surface area (Å²) in [5, 5.41) is 0. The van der Waals surface area contributed by atoms with Gasteiger partial charge in [-0.1, -0.05) is 47.5 Å². The van der Waals surface area contributed by atoms with Crippen molar-refractivity contribution in [2.45, 2.75) is 19.3 Å². The van der Waals surface area contributed by atoms with Crippen LogP contribution in [0.3, 0.4) is 0 Å². The first-order valence-electron chi connectivity index (χ1n) is 9.89. The summed E-state index contributed by atoms with van der Waals surface area (Å²) < 4.78 is 110. The normalized spacial score (nSPS) is 11.4. The third kappa shape index (κ3) is 4.66. The van der Waals surface area contributed by atoms with Crippen LogP contribution in [0.4, 0.5) is 35.1 Å². The van der Waals surface area contributed by atoms with Crippen molar-refractivity contribution in [2.75, 3.05) is 0 Å². The summed E-state index contributed by atoms with van der Waals surface area (Å²) in [6.07, 6.45) is 0. The molecule has 2 aromatic carbocycles. The van der Waals surface area contributed by atoms with Crippen molar-refractivity contribution >= 4 is 0 Å². The van der Waals surface area contributed by atoms with Crippen molar-refractivity contribution in [2.24, 2.45) is 0 Å². The van der Waals surface area contributed by atoms with E-state index < -0.39 is 63.1 Å². The van der Waals surface area contributed by atoms with Gasteiger partial charge in [-0.25, -0.2) is 17.6 Å². The van der Waals surface area contributed by atoms with Crippen LogP contribution in [-0.4, -0.2) is 9.97 Å². The SMILES string of the molecule is CC(C)(c1cccc(-c2[c-]c(F)c(F)c(F)c2F)n1)c1cccc(-c2[c-]c(F)c(F)c(F)c2F)n1.[Pt+2]. The zero-order valence-electron chi connectivity index (χ0n) is 18.2. The van der Waals surface area contributed by atoms with Crippen LogP contribution in [0.15, 0.2) is 36.4 Å². The Bertz CT molecular complexity index is 1360. The molecule has 2 aromatic heterocycles. The molecule has 0 aliphatic carbocycles. The van der Waals surface area contributed by atoms with Crippen molar-refractivity contribution in [3.63, 3.8) is 0 Å². The van der Waals surface area contributed by atoms with Gasteiger partial charge >= 0.3 is 21.1 Å². The minimum atomic E-state index is -2.02. The van der Waals surface area contributed by atoms with Crippen molar-refractivity contribution in [3.8, 4) is 22.5 Å². The number of halogens is 8. The molecule has 0 saturated carbocycles. The molecule has 0 saturated heterocycles. The van der Waals surface area contributed by atoms with Crippen molar-refractivity contribution in [1.29, 1.82) is 0 Å². The first kappa shape index (κ1) is 27.5. The Kier molecular flexibility index (Phi) is 7.69. The van der Waals surface area contributed by atoms with Crippen molar-refractivity contribution < 1.29 is 56.2 Å². The van der Waals surface area contributed by atoms with Crippen LogP contribution < -0.4 is 0 Å². The van der Waals surface area contributed by atoms with Gasteiger partial charge in [0.15, 0.2) is 0 Å². The molecule has 0 aliphatic rings. The molecule has 0 N–H and O–H groups in total. The van der Waals surface area contributed by atoms with E-state index in [-0.39, 0.29) is 43.8 Å². The van der Waals surface area contributed by atoms with E-state index in [2.05, 4.69) is 9.97 Å². The molecule has 0 radical (unpaired) electrons. The summed E-state index contributed by atoms with van der Waals surface area (Å²) in [4.78, 5) is 8.41. The predicted molar refractivity (Wildman–Crippen MR) is 109 cm³/mol. The van der Waals surface area contributed by atoms with E-state index >= 15 is 0 Å². The van der Waals surface area contributed by atoms with E-state index in [1.165, 1.54) is 36.4 Å². The molecule has 0 unspecified atom stereocenters. The molecule has 0 bridgehead atoms. The molecule has 11 heteroatoms. The molecule has 0 atom stereocenters. The topological polar surface area (TPSA) is 25.8 Å². The fourth-order valence-corrected chi connectivity index (χ4v) is 3.37. The maximum Gasteiger partial charge on any atom is 2.00 e. The van der Waals surface area contributed by atoms with Crippen LogP contribution in [0.1, 0.15) is 25.2 Å². The zero-order valence-corrected chi connectivity index (χ0v) is 20.5. The molecule has 2 nitrogen and oxygen atoms in total. The van der Waals surface area contributed by atoms with Crippen LogP contribution in [0, 0.1) is 58.7 Å². The van der Waals surface area contributed by atoms with E-state index in [4.69, 9.17) is 0 Å². The second kappa shape index (κ2) is 10.1. The van der Waals surface area contributed by atoms with Gasteiger partial charge in [-0.15, -0.1) is 0 Å². The summed E-state index contributed by atoms with van der Waals surface area (Å²) >= 11 is 0. The van der Waals surface area contributed by atoms with Gasteiger partial charge in [0.1, 0.15) is 23.3 Å². The average Bonchev–Trinajstić information content (AvgIpc) is 2.86. The number of rotatable bonds is 4. The van der Waals surface area contributed by atoms with Gasteiger partial charge in [0.25, 0.3) is 0 Å². The third-order valence-corrected chi connectivity index (χ3v) is 5.36. The molecule has 0 fully saturated rings. The fraction of sp³-hybridized carbons (Fsp3) is 0.120. The Hall–Kier alpha value is -3.13. The summed E-state index contributed by atoms with van der Waals surface area (Å²) in [6.45, 7) is 3.20. The third-order valence-electron chi connectivity index (χ3n) is 5.36. The van der Waals surface area contributed by atoms with Gasteiger partial charge in [-0.05, 0) is 37.4 Å². The van der Waals surface area contributed by atoms with E-state index in [9.17, 15) is 35.1 Å². The summed E-state index contributed by atoms with van der Waals surface area (Å²) in [5.74, 6) is -14.9. The van der Waals surface area contributed by atoms with Crippen molar-refractivity contribution in [3.05, 3.63) is 106 Å². The first-order chi connectivity index (χ1) is 16.4. The monoisotopic (exact) mass is 687 g/mol. The fourth-order valence-electron chi connectivity index (χ4n) is 3.37. The Balaban J connectivity index is 0.00000361. The first-order valence-corrected chi connectivity index (χ1v) is 9.89. The minimum Gasteiger partial charge on any atom is -0.300 e. The van der Waals surface area contributed by atoms with Gasteiger partial charge in [0, 0.05) is 16.8 Å². The number of aromatic nitrogens is 2. The van der Waals surface area contributed by atoms with Crippen molar-refractivity contribution in [1.82, 2.24) is 9.97 Å². The molecule has 4 aromatic rings. The number of pyridine rings is 2. The van der Waals surface area contributed by atoms with Gasteiger partial charge in [-0.2, -0.15) is 0 Å². The molecule has 36 heavy (non-hydrogen) atoms. The van der Waals surface area contributed by atoms with E-state index in [0.717, 1.165) is 0 Å². The van der Waals surface area contributed by atoms with Crippen LogP contribution in [0.25, 0.3) is 22.5 Å².